The zero-order valence-electron chi connectivity index (χ0n) is 19.2. The first-order valence-corrected chi connectivity index (χ1v) is 17.1. The van der Waals surface area contributed by atoms with Gasteiger partial charge in [-0.25, -0.2) is 0 Å². The molecule has 1 N–H and O–H groups in total. The molecule has 0 aliphatic rings. The number of hydrogen-bond acceptors (Lipinski definition) is 2. The standard InChI is InChI=1S/C27H17F6NO.2ClH.Zr/c28-26(29,30)19-13-20(27(31,32)33)15-21(14-19)34-16-24-22(17-7-3-1-4-8-17)11-12-23(25(24)35)18-9-5-2-6-10-18;;;/h1-16,35H;2*1H;/q;;;+2/p-2. The summed E-state index contributed by atoms with van der Waals surface area (Å²) < 4.78 is 79.4. The summed E-state index contributed by atoms with van der Waals surface area (Å²) in [5, 5.41) is 11.1. The van der Waals surface area contributed by atoms with Crippen molar-refractivity contribution in [2.24, 2.45) is 4.99 Å². The van der Waals surface area contributed by atoms with E-state index in [2.05, 4.69) is 4.99 Å². The number of phenolic OH excluding ortho intramolecular Hbond substituents is 1. The predicted molar refractivity (Wildman–Crippen MR) is 134 cm³/mol. The third-order valence-electron chi connectivity index (χ3n) is 5.30. The number of aliphatic imine (C=N–C) groups is 1. The van der Waals surface area contributed by atoms with Gasteiger partial charge in [0.15, 0.2) is 0 Å². The van der Waals surface area contributed by atoms with Gasteiger partial charge in [0.25, 0.3) is 0 Å². The molecule has 0 bridgehead atoms. The molecule has 2 nitrogen and oxygen atoms in total. The molecule has 0 aromatic heterocycles. The molecule has 0 fully saturated rings. The van der Waals surface area contributed by atoms with E-state index in [1.807, 2.05) is 0 Å². The van der Waals surface area contributed by atoms with Crippen LogP contribution >= 0.6 is 17.0 Å². The number of rotatable bonds is 4. The van der Waals surface area contributed by atoms with Crippen LogP contribution in [0.15, 0.2) is 96.0 Å². The van der Waals surface area contributed by atoms with Gasteiger partial charge in [-0.15, -0.1) is 0 Å². The fourth-order valence-electron chi connectivity index (χ4n) is 3.61. The van der Waals surface area contributed by atoms with Crippen LogP contribution < -0.4 is 0 Å². The van der Waals surface area contributed by atoms with E-state index in [4.69, 9.17) is 17.0 Å². The fraction of sp³-hybridized carbons (Fsp3) is 0.0741. The van der Waals surface area contributed by atoms with Crippen molar-refractivity contribution in [1.29, 1.82) is 0 Å². The van der Waals surface area contributed by atoms with Crippen molar-refractivity contribution < 1.29 is 52.3 Å². The number of aromatic hydroxyl groups is 1. The van der Waals surface area contributed by atoms with Crippen LogP contribution in [0.25, 0.3) is 22.3 Å². The van der Waals surface area contributed by atoms with Crippen LogP contribution in [-0.2, 0) is 33.2 Å². The van der Waals surface area contributed by atoms with Gasteiger partial charge >= 0.3 is 50.2 Å². The molecule has 0 saturated carbocycles. The minimum absolute atomic E-state index is 0.0436. The molecule has 0 heterocycles. The van der Waals surface area contributed by atoms with Crippen LogP contribution in [0.3, 0.4) is 0 Å². The Balaban J connectivity index is 0.00000127. The average molecular weight is 648 g/mol. The summed E-state index contributed by atoms with van der Waals surface area (Å²) in [6.07, 6.45) is -8.90. The molecule has 4 aromatic rings. The van der Waals surface area contributed by atoms with Crippen LogP contribution in [0.4, 0.5) is 32.0 Å². The average Bonchev–Trinajstić information content (AvgIpc) is 2.88. The zero-order valence-corrected chi connectivity index (χ0v) is 23.1. The first-order valence-electron chi connectivity index (χ1n) is 10.7. The zero-order chi connectivity index (χ0) is 27.9. The van der Waals surface area contributed by atoms with Crippen LogP contribution in [-0.4, -0.2) is 11.3 Å². The molecule has 0 atom stereocenters. The third-order valence-corrected chi connectivity index (χ3v) is 5.30. The SMILES string of the molecule is Oc1c(-c2ccccc2)ccc(-c2ccccc2)c1C=Nc1cc(C(F)(F)F)cc(C(F)(F)F)c1.[Cl][Zr][Cl]. The Morgan fingerprint density at radius 2 is 1.08 bits per heavy atom. The van der Waals surface area contributed by atoms with Gasteiger partial charge < -0.3 is 5.11 Å². The number of alkyl halides is 6. The monoisotopic (exact) mass is 645 g/mol. The van der Waals surface area contributed by atoms with E-state index in [9.17, 15) is 31.4 Å². The summed E-state index contributed by atoms with van der Waals surface area (Å²) in [5.41, 5.74) is -1.02. The molecule has 38 heavy (non-hydrogen) atoms. The number of nitrogens with zero attached hydrogens (tertiary/aromatic N) is 1. The first kappa shape index (κ1) is 29.9. The topological polar surface area (TPSA) is 32.6 Å². The van der Waals surface area contributed by atoms with Crippen molar-refractivity contribution in [1.82, 2.24) is 0 Å². The quantitative estimate of drug-likeness (QED) is 0.174. The van der Waals surface area contributed by atoms with Crippen LogP contribution in [0.2, 0.25) is 0 Å². The molecule has 11 heteroatoms. The molecule has 0 aliphatic heterocycles. The molecular weight excluding hydrogens is 630 g/mol. The normalized spacial score (nSPS) is 11.7. The maximum absolute atomic E-state index is 13.2. The second-order valence-corrected chi connectivity index (χ2v) is 11.5. The molecule has 0 saturated heterocycles. The van der Waals surface area contributed by atoms with Crippen LogP contribution in [0.1, 0.15) is 16.7 Å². The van der Waals surface area contributed by atoms with Crippen LogP contribution in [0.5, 0.6) is 5.75 Å². The van der Waals surface area contributed by atoms with Crippen molar-refractivity contribution in [3.63, 3.8) is 0 Å². The summed E-state index contributed by atoms with van der Waals surface area (Å²) in [4.78, 5) is 3.92. The van der Waals surface area contributed by atoms with E-state index in [1.165, 1.54) is 0 Å². The van der Waals surface area contributed by atoms with E-state index in [0.717, 1.165) is 6.21 Å². The van der Waals surface area contributed by atoms with E-state index < -0.39 is 50.0 Å². The van der Waals surface area contributed by atoms with E-state index in [0.29, 0.717) is 34.4 Å². The number of benzene rings is 4. The molecule has 0 radical (unpaired) electrons. The van der Waals surface area contributed by atoms with Gasteiger partial charge in [-0.05, 0) is 41.0 Å². The van der Waals surface area contributed by atoms with Gasteiger partial charge in [-0.1, -0.05) is 66.7 Å². The Bertz CT molecular complexity index is 1360. The van der Waals surface area contributed by atoms with E-state index in [-0.39, 0.29) is 17.4 Å². The van der Waals surface area contributed by atoms with Crippen LogP contribution in [0, 0.1) is 0 Å². The second-order valence-electron chi connectivity index (χ2n) is 7.75. The Morgan fingerprint density at radius 3 is 1.53 bits per heavy atom. The van der Waals surface area contributed by atoms with Gasteiger partial charge in [0.1, 0.15) is 5.75 Å². The van der Waals surface area contributed by atoms with Gasteiger partial charge in [-0.3, -0.25) is 4.99 Å². The number of phenols is 1. The Labute approximate surface area is 233 Å². The molecule has 0 unspecified atom stereocenters. The Kier molecular flexibility index (Phi) is 10.2. The Hall–Kier alpha value is -2.61. The molecule has 196 valence electrons. The fourth-order valence-corrected chi connectivity index (χ4v) is 3.61. The molecule has 4 aromatic carbocycles. The minimum atomic E-state index is -4.99. The molecule has 0 spiro atoms. The van der Waals surface area contributed by atoms with Gasteiger partial charge in [0.05, 0.1) is 16.8 Å². The summed E-state index contributed by atoms with van der Waals surface area (Å²) in [7, 11) is 9.87. The second kappa shape index (κ2) is 13.0. The maximum atomic E-state index is 13.2. The molecule has 0 amide bonds. The van der Waals surface area contributed by atoms with Crippen molar-refractivity contribution in [3.8, 4) is 28.0 Å². The molecular formula is C27H17Cl2F6NOZr. The molecule has 4 rings (SSSR count). The van der Waals surface area contributed by atoms with Crippen molar-refractivity contribution in [3.05, 3.63) is 108 Å². The van der Waals surface area contributed by atoms with Gasteiger partial charge in [-0.2, -0.15) is 26.3 Å². The van der Waals surface area contributed by atoms with Gasteiger partial charge in [0.2, 0.25) is 0 Å². The third kappa shape index (κ3) is 7.71. The summed E-state index contributed by atoms with van der Waals surface area (Å²) >= 11 is -0.826. The molecule has 0 aliphatic carbocycles. The first-order chi connectivity index (χ1) is 18.0. The number of hydrogen-bond donors (Lipinski definition) is 1. The predicted octanol–water partition coefficient (Wildman–Crippen LogP) is 9.89. The summed E-state index contributed by atoms with van der Waals surface area (Å²) in [6.45, 7) is 0. The van der Waals surface area contributed by atoms with E-state index >= 15 is 0 Å². The number of halogens is 8. The Morgan fingerprint density at radius 1 is 0.658 bits per heavy atom. The van der Waals surface area contributed by atoms with E-state index in [1.54, 1.807) is 72.8 Å². The summed E-state index contributed by atoms with van der Waals surface area (Å²) in [6, 6.07) is 22.2. The van der Waals surface area contributed by atoms with Crippen molar-refractivity contribution >= 4 is 28.9 Å². The summed E-state index contributed by atoms with van der Waals surface area (Å²) in [5.74, 6) is -0.204. The van der Waals surface area contributed by atoms with Crippen molar-refractivity contribution in [2.75, 3.05) is 0 Å². The van der Waals surface area contributed by atoms with Crippen molar-refractivity contribution in [2.45, 2.75) is 12.4 Å². The van der Waals surface area contributed by atoms with Gasteiger partial charge in [0, 0.05) is 17.3 Å².